The van der Waals surface area contributed by atoms with Gasteiger partial charge in [0.15, 0.2) is 0 Å². The summed E-state index contributed by atoms with van der Waals surface area (Å²) in [7, 11) is 0. The minimum Gasteiger partial charge on any atom is -0.376 e. The summed E-state index contributed by atoms with van der Waals surface area (Å²) in [5.41, 5.74) is 1.20. The first-order valence-electron chi connectivity index (χ1n) is 6.28. The van der Waals surface area contributed by atoms with Crippen LogP contribution in [0, 0.1) is 6.92 Å². The van der Waals surface area contributed by atoms with Gasteiger partial charge < -0.3 is 15.4 Å². The molecule has 2 heterocycles. The third-order valence-corrected chi connectivity index (χ3v) is 3.69. The van der Waals surface area contributed by atoms with Gasteiger partial charge in [0.25, 0.3) is 0 Å². The summed E-state index contributed by atoms with van der Waals surface area (Å²) in [6, 6.07) is 0. The van der Waals surface area contributed by atoms with Gasteiger partial charge in [0.2, 0.25) is 0 Å². The minimum absolute atomic E-state index is 0.387. The predicted octanol–water partition coefficient (Wildman–Crippen LogP) is 0.962. The van der Waals surface area contributed by atoms with Gasteiger partial charge in [0.05, 0.1) is 23.4 Å². The molecule has 1 atom stereocenters. The lowest BCUT2D eigenvalue weighted by molar-refractivity contribution is 0.0239. The SMILES string of the molecule is Cc1nc(CCNCCC2CNCCO2)cs1. The zero-order valence-corrected chi connectivity index (χ0v) is 11.2. The summed E-state index contributed by atoms with van der Waals surface area (Å²) >= 11 is 1.72. The van der Waals surface area contributed by atoms with Crippen LogP contribution >= 0.6 is 11.3 Å². The van der Waals surface area contributed by atoms with Crippen molar-refractivity contribution in [3.05, 3.63) is 16.1 Å². The Morgan fingerprint density at radius 1 is 1.59 bits per heavy atom. The van der Waals surface area contributed by atoms with Crippen molar-refractivity contribution in [1.82, 2.24) is 15.6 Å². The number of aromatic nitrogens is 1. The fraction of sp³-hybridized carbons (Fsp3) is 0.750. The maximum absolute atomic E-state index is 5.63. The molecule has 1 aliphatic rings. The first kappa shape index (κ1) is 13.0. The number of nitrogens with one attached hydrogen (secondary N) is 2. The molecule has 0 saturated carbocycles. The number of hydrogen-bond acceptors (Lipinski definition) is 5. The molecule has 2 N–H and O–H groups in total. The third kappa shape index (κ3) is 4.71. The Kier molecular flexibility index (Phi) is 5.38. The number of morpholine rings is 1. The number of rotatable bonds is 6. The van der Waals surface area contributed by atoms with Gasteiger partial charge in [-0.1, -0.05) is 0 Å². The molecule has 0 aliphatic carbocycles. The van der Waals surface area contributed by atoms with E-state index in [1.807, 2.05) is 0 Å². The Hall–Kier alpha value is -0.490. The van der Waals surface area contributed by atoms with E-state index in [0.717, 1.165) is 50.6 Å². The van der Waals surface area contributed by atoms with Crippen LogP contribution in [0.1, 0.15) is 17.1 Å². The van der Waals surface area contributed by atoms with Crippen molar-refractivity contribution in [3.63, 3.8) is 0 Å². The Morgan fingerprint density at radius 3 is 3.24 bits per heavy atom. The normalized spacial score (nSPS) is 20.6. The summed E-state index contributed by atoms with van der Waals surface area (Å²) in [4.78, 5) is 4.44. The van der Waals surface area contributed by atoms with Crippen molar-refractivity contribution in [1.29, 1.82) is 0 Å². The number of hydrogen-bond donors (Lipinski definition) is 2. The fourth-order valence-corrected chi connectivity index (χ4v) is 2.58. The molecule has 0 bridgehead atoms. The molecule has 0 radical (unpaired) electrons. The Bertz CT molecular complexity index is 323. The van der Waals surface area contributed by atoms with Gasteiger partial charge >= 0.3 is 0 Å². The van der Waals surface area contributed by atoms with E-state index in [-0.39, 0.29) is 0 Å². The molecule has 1 saturated heterocycles. The van der Waals surface area contributed by atoms with Crippen LogP contribution in [-0.4, -0.2) is 43.9 Å². The van der Waals surface area contributed by atoms with Crippen molar-refractivity contribution in [2.24, 2.45) is 0 Å². The first-order chi connectivity index (χ1) is 8.34. The summed E-state index contributed by atoms with van der Waals surface area (Å²) in [6.07, 6.45) is 2.50. The summed E-state index contributed by atoms with van der Waals surface area (Å²) < 4.78 is 5.63. The Labute approximate surface area is 107 Å². The smallest absolute Gasteiger partial charge is 0.0897 e. The van der Waals surface area contributed by atoms with E-state index in [1.54, 1.807) is 11.3 Å². The van der Waals surface area contributed by atoms with Crippen molar-refractivity contribution in [3.8, 4) is 0 Å². The summed E-state index contributed by atoms with van der Waals surface area (Å²) in [5.74, 6) is 0. The standard InChI is InChI=1S/C12H21N3OS/c1-10-15-11(9-17-10)2-4-13-5-3-12-8-14-6-7-16-12/h9,12-14H,2-8H2,1H3. The highest BCUT2D eigenvalue weighted by molar-refractivity contribution is 7.09. The highest BCUT2D eigenvalue weighted by Gasteiger charge is 2.11. The monoisotopic (exact) mass is 255 g/mol. The van der Waals surface area contributed by atoms with Gasteiger partial charge in [-0.15, -0.1) is 11.3 Å². The zero-order valence-electron chi connectivity index (χ0n) is 10.4. The molecule has 5 heteroatoms. The molecular weight excluding hydrogens is 234 g/mol. The molecule has 0 aromatic carbocycles. The predicted molar refractivity (Wildman–Crippen MR) is 70.7 cm³/mol. The van der Waals surface area contributed by atoms with Crippen LogP contribution in [-0.2, 0) is 11.2 Å². The lowest BCUT2D eigenvalue weighted by atomic mass is 10.2. The number of thiazole rings is 1. The second-order valence-electron chi connectivity index (χ2n) is 4.34. The molecule has 1 unspecified atom stereocenters. The molecule has 4 nitrogen and oxygen atoms in total. The van der Waals surface area contributed by atoms with Crippen molar-refractivity contribution >= 4 is 11.3 Å². The van der Waals surface area contributed by atoms with E-state index in [4.69, 9.17) is 4.74 Å². The number of nitrogens with zero attached hydrogens (tertiary/aromatic N) is 1. The molecule has 17 heavy (non-hydrogen) atoms. The average molecular weight is 255 g/mol. The molecular formula is C12H21N3OS. The number of ether oxygens (including phenoxy) is 1. The van der Waals surface area contributed by atoms with Crippen molar-refractivity contribution in [2.75, 3.05) is 32.8 Å². The lowest BCUT2D eigenvalue weighted by Gasteiger charge is -2.23. The summed E-state index contributed by atoms with van der Waals surface area (Å²) in [5, 5.41) is 10.1. The maximum Gasteiger partial charge on any atom is 0.0897 e. The van der Waals surface area contributed by atoms with Gasteiger partial charge in [-0.25, -0.2) is 4.98 Å². The van der Waals surface area contributed by atoms with Gasteiger partial charge in [-0.3, -0.25) is 0 Å². The van der Waals surface area contributed by atoms with E-state index in [9.17, 15) is 0 Å². The van der Waals surface area contributed by atoms with E-state index >= 15 is 0 Å². The van der Waals surface area contributed by atoms with Gasteiger partial charge in [0.1, 0.15) is 0 Å². The highest BCUT2D eigenvalue weighted by Crippen LogP contribution is 2.07. The van der Waals surface area contributed by atoms with Gasteiger partial charge in [0, 0.05) is 31.4 Å². The number of aryl methyl sites for hydroxylation is 1. The topological polar surface area (TPSA) is 46.2 Å². The van der Waals surface area contributed by atoms with Crippen LogP contribution in [0.4, 0.5) is 0 Å². The molecule has 2 rings (SSSR count). The molecule has 1 aromatic rings. The second kappa shape index (κ2) is 7.06. The van der Waals surface area contributed by atoms with Gasteiger partial charge in [-0.05, 0) is 19.9 Å². The van der Waals surface area contributed by atoms with Crippen molar-refractivity contribution < 1.29 is 4.74 Å². The molecule has 1 fully saturated rings. The van der Waals surface area contributed by atoms with Crippen LogP contribution in [0.5, 0.6) is 0 Å². The zero-order chi connectivity index (χ0) is 11.9. The Balaban J connectivity index is 1.51. The van der Waals surface area contributed by atoms with E-state index in [0.29, 0.717) is 6.10 Å². The van der Waals surface area contributed by atoms with E-state index in [1.165, 1.54) is 5.69 Å². The largest absolute Gasteiger partial charge is 0.376 e. The van der Waals surface area contributed by atoms with Crippen LogP contribution in [0.25, 0.3) is 0 Å². The Morgan fingerprint density at radius 2 is 2.53 bits per heavy atom. The molecule has 0 amide bonds. The summed E-state index contributed by atoms with van der Waals surface area (Å²) in [6.45, 7) is 6.91. The lowest BCUT2D eigenvalue weighted by Crippen LogP contribution is -2.40. The molecule has 0 spiro atoms. The molecule has 1 aromatic heterocycles. The highest BCUT2D eigenvalue weighted by atomic mass is 32.1. The first-order valence-corrected chi connectivity index (χ1v) is 7.16. The van der Waals surface area contributed by atoms with Crippen LogP contribution < -0.4 is 10.6 Å². The van der Waals surface area contributed by atoms with Crippen LogP contribution in [0.3, 0.4) is 0 Å². The minimum atomic E-state index is 0.387. The quantitative estimate of drug-likeness (QED) is 0.743. The maximum atomic E-state index is 5.63. The molecule has 1 aliphatic heterocycles. The molecule has 96 valence electrons. The average Bonchev–Trinajstić information content (AvgIpc) is 2.76. The second-order valence-corrected chi connectivity index (χ2v) is 5.41. The fourth-order valence-electron chi connectivity index (χ4n) is 1.93. The van der Waals surface area contributed by atoms with Crippen LogP contribution in [0.2, 0.25) is 0 Å². The van der Waals surface area contributed by atoms with E-state index in [2.05, 4.69) is 27.9 Å². The van der Waals surface area contributed by atoms with Crippen LogP contribution in [0.15, 0.2) is 5.38 Å². The van der Waals surface area contributed by atoms with Crippen molar-refractivity contribution in [2.45, 2.75) is 25.9 Å². The third-order valence-electron chi connectivity index (χ3n) is 2.87. The van der Waals surface area contributed by atoms with E-state index < -0.39 is 0 Å². The van der Waals surface area contributed by atoms with Gasteiger partial charge in [-0.2, -0.15) is 0 Å².